The largest absolute Gasteiger partial charge is 0.479 e. The van der Waals surface area contributed by atoms with E-state index in [0.29, 0.717) is 18.8 Å². The standard InChI is InChI=1S/C26H28N2O6/c29-23(25(31)32)12-27-24(30)15-9-14-11-22(20(14)10-15)28-26(33)34-13-21-18-7-3-1-5-16(18)17-6-2-4-8-19(17)21/h1-8,14-15,20-23,29H,9-13H2,(H,27,30)(H,28,33)(H,31,32)/t14-,15?,20-,22+,23?/m1/s1. The van der Waals surface area contributed by atoms with Gasteiger partial charge in [-0.25, -0.2) is 9.59 Å². The van der Waals surface area contributed by atoms with Crippen molar-refractivity contribution >= 4 is 18.0 Å². The summed E-state index contributed by atoms with van der Waals surface area (Å²) in [5, 5.41) is 23.6. The Morgan fingerprint density at radius 1 is 0.971 bits per heavy atom. The second-order valence-corrected chi connectivity index (χ2v) is 9.50. The van der Waals surface area contributed by atoms with Gasteiger partial charge < -0.3 is 25.6 Å². The van der Waals surface area contributed by atoms with Gasteiger partial charge in [0.2, 0.25) is 5.91 Å². The molecule has 2 aromatic rings. The zero-order valence-electron chi connectivity index (χ0n) is 18.6. The van der Waals surface area contributed by atoms with Crippen LogP contribution in [0.15, 0.2) is 48.5 Å². The van der Waals surface area contributed by atoms with Gasteiger partial charge in [-0.15, -0.1) is 0 Å². The van der Waals surface area contributed by atoms with E-state index in [1.54, 1.807) is 0 Å². The summed E-state index contributed by atoms with van der Waals surface area (Å²) in [5.41, 5.74) is 4.69. The molecule has 3 aliphatic carbocycles. The smallest absolute Gasteiger partial charge is 0.407 e. The number of alkyl carbamates (subject to hydrolysis) is 1. The third-order valence-electron chi connectivity index (χ3n) is 7.60. The SMILES string of the molecule is O=C(N[C@H]1C[C@H]2CC(C(=O)NCC(O)C(=O)O)C[C@H]21)OCC1c2ccccc2-c2ccccc21. The topological polar surface area (TPSA) is 125 Å². The van der Waals surface area contributed by atoms with Gasteiger partial charge in [0.1, 0.15) is 6.61 Å². The lowest BCUT2D eigenvalue weighted by Gasteiger charge is -2.40. The first kappa shape index (κ1) is 22.4. The Kier molecular flexibility index (Phi) is 6.00. The first-order valence-corrected chi connectivity index (χ1v) is 11.7. The summed E-state index contributed by atoms with van der Waals surface area (Å²) in [6.07, 6.45) is 0.0975. The summed E-state index contributed by atoms with van der Waals surface area (Å²) in [4.78, 5) is 35.6. The summed E-state index contributed by atoms with van der Waals surface area (Å²) in [6.45, 7) is -0.0426. The first-order valence-electron chi connectivity index (χ1n) is 11.7. The van der Waals surface area contributed by atoms with Gasteiger partial charge in [-0.3, -0.25) is 4.79 Å². The highest BCUT2D eigenvalue weighted by molar-refractivity contribution is 5.81. The molecule has 4 N–H and O–H groups in total. The molecule has 0 aliphatic heterocycles. The minimum Gasteiger partial charge on any atom is -0.479 e. The normalized spacial score (nSPS) is 25.3. The molecule has 2 fully saturated rings. The molecule has 2 unspecified atom stereocenters. The molecule has 0 aromatic heterocycles. The van der Waals surface area contributed by atoms with Crippen molar-refractivity contribution in [1.82, 2.24) is 10.6 Å². The summed E-state index contributed by atoms with van der Waals surface area (Å²) in [6, 6.07) is 16.4. The monoisotopic (exact) mass is 464 g/mol. The van der Waals surface area contributed by atoms with Crippen molar-refractivity contribution in [2.45, 2.75) is 37.3 Å². The maximum atomic E-state index is 12.6. The highest BCUT2D eigenvalue weighted by atomic mass is 16.5. The van der Waals surface area contributed by atoms with E-state index in [-0.39, 0.29) is 42.9 Å². The number of hydrogen-bond acceptors (Lipinski definition) is 5. The van der Waals surface area contributed by atoms with Gasteiger partial charge in [0.25, 0.3) is 0 Å². The number of carboxylic acid groups (broad SMARTS) is 1. The number of carboxylic acids is 1. The van der Waals surface area contributed by atoms with Crippen LogP contribution in [0.3, 0.4) is 0 Å². The molecule has 34 heavy (non-hydrogen) atoms. The Bertz CT molecular complexity index is 1070. The second kappa shape index (κ2) is 9.10. The molecule has 2 amide bonds. The summed E-state index contributed by atoms with van der Waals surface area (Å²) < 4.78 is 5.64. The third kappa shape index (κ3) is 4.14. The van der Waals surface area contributed by atoms with Crippen LogP contribution in [0.1, 0.15) is 36.3 Å². The average molecular weight is 465 g/mol. The summed E-state index contributed by atoms with van der Waals surface area (Å²) in [7, 11) is 0. The molecule has 0 saturated heterocycles. The fraction of sp³-hybridized carbons (Fsp3) is 0.423. The van der Waals surface area contributed by atoms with Gasteiger partial charge in [0.15, 0.2) is 6.10 Å². The number of benzene rings is 2. The molecule has 2 aromatic carbocycles. The van der Waals surface area contributed by atoms with Gasteiger partial charge in [-0.1, -0.05) is 48.5 Å². The molecule has 0 spiro atoms. The third-order valence-corrected chi connectivity index (χ3v) is 7.60. The van der Waals surface area contributed by atoms with Crippen LogP contribution in [-0.2, 0) is 14.3 Å². The van der Waals surface area contributed by atoms with E-state index in [1.165, 1.54) is 11.1 Å². The number of nitrogens with one attached hydrogen (secondary N) is 2. The van der Waals surface area contributed by atoms with Crippen LogP contribution in [0.25, 0.3) is 11.1 Å². The molecule has 8 heteroatoms. The Morgan fingerprint density at radius 2 is 1.62 bits per heavy atom. The lowest BCUT2D eigenvalue weighted by atomic mass is 9.71. The molecule has 0 radical (unpaired) electrons. The van der Waals surface area contributed by atoms with Crippen LogP contribution < -0.4 is 10.6 Å². The van der Waals surface area contributed by atoms with Crippen LogP contribution >= 0.6 is 0 Å². The highest BCUT2D eigenvalue weighted by Gasteiger charge is 2.50. The van der Waals surface area contributed by atoms with Gasteiger partial charge >= 0.3 is 12.1 Å². The lowest BCUT2D eigenvalue weighted by Crippen LogP contribution is -2.50. The minimum absolute atomic E-state index is 0.00741. The van der Waals surface area contributed by atoms with Crippen molar-refractivity contribution in [2.75, 3.05) is 13.2 Å². The quantitative estimate of drug-likeness (QED) is 0.499. The number of hydrogen-bond donors (Lipinski definition) is 4. The Morgan fingerprint density at radius 3 is 2.26 bits per heavy atom. The number of carbonyl (C=O) groups is 3. The number of ether oxygens (including phenoxy) is 1. The van der Waals surface area contributed by atoms with Crippen molar-refractivity contribution in [1.29, 1.82) is 0 Å². The van der Waals surface area contributed by atoms with Gasteiger partial charge in [0.05, 0.1) is 6.54 Å². The molecule has 178 valence electrons. The Balaban J connectivity index is 1.12. The Labute approximate surface area is 197 Å². The van der Waals surface area contributed by atoms with E-state index in [1.807, 2.05) is 24.3 Å². The van der Waals surface area contributed by atoms with Crippen molar-refractivity contribution in [2.24, 2.45) is 17.8 Å². The number of aliphatic carboxylic acids is 1. The summed E-state index contributed by atoms with van der Waals surface area (Å²) >= 11 is 0. The van der Waals surface area contributed by atoms with Crippen LogP contribution in [0, 0.1) is 17.8 Å². The molecule has 0 bridgehead atoms. The van der Waals surface area contributed by atoms with Gasteiger partial charge in [-0.05, 0) is 53.4 Å². The molecule has 8 nitrogen and oxygen atoms in total. The van der Waals surface area contributed by atoms with E-state index in [4.69, 9.17) is 9.84 Å². The van der Waals surface area contributed by atoms with Crippen LogP contribution in [0.2, 0.25) is 0 Å². The summed E-state index contributed by atoms with van der Waals surface area (Å²) in [5.74, 6) is -1.26. The fourth-order valence-electron chi connectivity index (χ4n) is 5.83. The lowest BCUT2D eigenvalue weighted by molar-refractivity contribution is -0.146. The van der Waals surface area contributed by atoms with Crippen LogP contribution in [-0.4, -0.2) is 53.5 Å². The maximum Gasteiger partial charge on any atom is 0.407 e. The number of aliphatic hydroxyl groups is 1. The van der Waals surface area contributed by atoms with Crippen LogP contribution in [0.5, 0.6) is 0 Å². The maximum absolute atomic E-state index is 12.6. The van der Waals surface area contributed by atoms with Gasteiger partial charge in [0, 0.05) is 17.9 Å². The predicted octanol–water partition coefficient (Wildman–Crippen LogP) is 2.50. The van der Waals surface area contributed by atoms with Crippen molar-refractivity contribution in [3.8, 4) is 11.1 Å². The van der Waals surface area contributed by atoms with E-state index in [2.05, 4.69) is 34.9 Å². The molecule has 5 atom stereocenters. The van der Waals surface area contributed by atoms with Gasteiger partial charge in [-0.2, -0.15) is 0 Å². The molecule has 2 saturated carbocycles. The Hall–Kier alpha value is -3.39. The molecular formula is C26H28N2O6. The number of rotatable bonds is 7. The fourth-order valence-corrected chi connectivity index (χ4v) is 5.83. The van der Waals surface area contributed by atoms with Crippen LogP contribution in [0.4, 0.5) is 4.79 Å². The number of carbonyl (C=O) groups excluding carboxylic acids is 2. The number of fused-ring (bicyclic) bond motifs is 4. The van der Waals surface area contributed by atoms with Crippen molar-refractivity contribution in [3.05, 3.63) is 59.7 Å². The van der Waals surface area contributed by atoms with E-state index in [0.717, 1.165) is 17.5 Å². The number of aliphatic hydroxyl groups excluding tert-OH is 1. The molecular weight excluding hydrogens is 436 g/mol. The van der Waals surface area contributed by atoms with E-state index >= 15 is 0 Å². The minimum atomic E-state index is -1.61. The first-order chi connectivity index (χ1) is 16.4. The molecule has 0 heterocycles. The zero-order chi connectivity index (χ0) is 23.8. The van der Waals surface area contributed by atoms with E-state index < -0.39 is 18.2 Å². The average Bonchev–Trinajstić information content (AvgIpc) is 3.34. The molecule has 5 rings (SSSR count). The number of amides is 2. The van der Waals surface area contributed by atoms with E-state index in [9.17, 15) is 19.5 Å². The van der Waals surface area contributed by atoms with Crippen molar-refractivity contribution in [3.63, 3.8) is 0 Å². The molecule has 3 aliphatic rings. The zero-order valence-corrected chi connectivity index (χ0v) is 18.6. The highest BCUT2D eigenvalue weighted by Crippen LogP contribution is 2.50. The van der Waals surface area contributed by atoms with Crippen molar-refractivity contribution < 1.29 is 29.3 Å². The predicted molar refractivity (Wildman–Crippen MR) is 123 cm³/mol. The second-order valence-electron chi connectivity index (χ2n) is 9.50.